The van der Waals surface area contributed by atoms with Crippen molar-refractivity contribution in [2.45, 2.75) is 25.9 Å². The predicted molar refractivity (Wildman–Crippen MR) is 133 cm³/mol. The monoisotopic (exact) mass is 508 g/mol. The van der Waals surface area contributed by atoms with Crippen molar-refractivity contribution in [2.24, 2.45) is 0 Å². The maximum absolute atomic E-state index is 14.8. The van der Waals surface area contributed by atoms with Crippen LogP contribution in [0.15, 0.2) is 73.6 Å². The van der Waals surface area contributed by atoms with E-state index in [1.54, 1.807) is 24.3 Å². The number of aliphatic hydroxyl groups is 1. The smallest absolute Gasteiger partial charge is 0.201 e. The number of halogens is 4. The summed E-state index contributed by atoms with van der Waals surface area (Å²) >= 11 is 0. The lowest BCUT2D eigenvalue weighted by atomic mass is 9.98. The summed E-state index contributed by atoms with van der Waals surface area (Å²) in [6, 6.07) is 12.5. The fourth-order valence-corrected chi connectivity index (χ4v) is 3.84. The van der Waals surface area contributed by atoms with Gasteiger partial charge in [0.1, 0.15) is 12.7 Å². The minimum absolute atomic E-state index is 0.0258. The molecule has 4 nitrogen and oxygen atoms in total. The molecule has 190 valence electrons. The normalized spacial score (nSPS) is 11.8. The highest BCUT2D eigenvalue weighted by Crippen LogP contribution is 2.31. The number of aryl methyl sites for hydroxylation is 2. The van der Waals surface area contributed by atoms with E-state index in [1.807, 2.05) is 0 Å². The fourth-order valence-electron chi connectivity index (χ4n) is 3.84. The third kappa shape index (κ3) is 5.70. The summed E-state index contributed by atoms with van der Waals surface area (Å²) in [5.74, 6) is -4.05. The van der Waals surface area contributed by atoms with E-state index in [2.05, 4.69) is 16.5 Å². The van der Waals surface area contributed by atoms with Crippen molar-refractivity contribution in [3.63, 3.8) is 0 Å². The second kappa shape index (κ2) is 11.3. The first-order valence-electron chi connectivity index (χ1n) is 11.6. The number of ether oxygens (including phenoxy) is 1. The summed E-state index contributed by atoms with van der Waals surface area (Å²) < 4.78 is 63.5. The van der Waals surface area contributed by atoms with E-state index in [-0.39, 0.29) is 41.3 Å². The van der Waals surface area contributed by atoms with Crippen LogP contribution >= 0.6 is 0 Å². The van der Waals surface area contributed by atoms with Crippen LogP contribution in [0.2, 0.25) is 0 Å². The standard InChI is InChI=1S/C29H24F4N2O2/c1-3-14-37-24-13-12-22(27(32)28(24)33)19-7-4-18(5-8-19)6-9-20-10-11-23(26(31)25(20)30)21-15-34-29(17(2)36)35-16-21/h3-5,7-8,10-13,15-17,36H,1,6,9,14H2,2H3. The van der Waals surface area contributed by atoms with E-state index in [1.165, 1.54) is 49.7 Å². The quantitative estimate of drug-likeness (QED) is 0.200. The number of benzene rings is 3. The molecule has 0 radical (unpaired) electrons. The van der Waals surface area contributed by atoms with Crippen LogP contribution < -0.4 is 4.74 Å². The lowest BCUT2D eigenvalue weighted by molar-refractivity contribution is 0.189. The van der Waals surface area contributed by atoms with E-state index >= 15 is 0 Å². The van der Waals surface area contributed by atoms with Gasteiger partial charge in [-0.05, 0) is 48.6 Å². The van der Waals surface area contributed by atoms with Crippen LogP contribution in [0.4, 0.5) is 17.6 Å². The van der Waals surface area contributed by atoms with Crippen LogP contribution in [0.5, 0.6) is 5.75 Å². The highest BCUT2D eigenvalue weighted by atomic mass is 19.2. The molecule has 1 heterocycles. The first-order chi connectivity index (χ1) is 17.8. The van der Waals surface area contributed by atoms with Gasteiger partial charge in [0, 0.05) is 29.1 Å². The summed E-state index contributed by atoms with van der Waals surface area (Å²) in [5, 5.41) is 9.51. The highest BCUT2D eigenvalue weighted by Gasteiger charge is 2.17. The lowest BCUT2D eigenvalue weighted by Gasteiger charge is -2.11. The molecule has 37 heavy (non-hydrogen) atoms. The minimum Gasteiger partial charge on any atom is -0.486 e. The molecular weight excluding hydrogens is 484 g/mol. The summed E-state index contributed by atoms with van der Waals surface area (Å²) in [6.45, 7) is 5.04. The van der Waals surface area contributed by atoms with Gasteiger partial charge < -0.3 is 9.84 Å². The van der Waals surface area contributed by atoms with Crippen molar-refractivity contribution in [3.05, 3.63) is 114 Å². The Bertz CT molecular complexity index is 1410. The van der Waals surface area contributed by atoms with Gasteiger partial charge in [-0.1, -0.05) is 49.1 Å². The van der Waals surface area contributed by atoms with Crippen LogP contribution in [0.3, 0.4) is 0 Å². The zero-order valence-corrected chi connectivity index (χ0v) is 20.0. The molecule has 8 heteroatoms. The molecule has 3 aromatic carbocycles. The predicted octanol–water partition coefficient (Wildman–Crippen LogP) is 6.77. The summed E-state index contributed by atoms with van der Waals surface area (Å²) in [6.07, 6.45) is 3.89. The molecular formula is C29H24F4N2O2. The van der Waals surface area contributed by atoms with E-state index in [9.17, 15) is 22.7 Å². The van der Waals surface area contributed by atoms with Crippen molar-refractivity contribution in [3.8, 4) is 28.0 Å². The first kappa shape index (κ1) is 26.0. The number of rotatable bonds is 9. The average Bonchev–Trinajstić information content (AvgIpc) is 2.91. The van der Waals surface area contributed by atoms with Gasteiger partial charge in [-0.15, -0.1) is 0 Å². The number of nitrogens with zero attached hydrogens (tertiary/aromatic N) is 2. The number of aromatic nitrogens is 2. The van der Waals surface area contributed by atoms with Crippen LogP contribution in [-0.4, -0.2) is 21.7 Å². The van der Waals surface area contributed by atoms with Gasteiger partial charge in [0.2, 0.25) is 5.82 Å². The molecule has 0 fully saturated rings. The number of hydrogen-bond acceptors (Lipinski definition) is 4. The van der Waals surface area contributed by atoms with E-state index in [4.69, 9.17) is 4.74 Å². The molecule has 4 rings (SSSR count). The SMILES string of the molecule is C=CCOc1ccc(-c2ccc(CCc3ccc(-c4cnc(C(C)O)nc4)c(F)c3F)cc2)c(F)c1F. The van der Waals surface area contributed by atoms with Crippen molar-refractivity contribution in [2.75, 3.05) is 6.61 Å². The van der Waals surface area contributed by atoms with Gasteiger partial charge in [-0.25, -0.2) is 23.1 Å². The summed E-state index contributed by atoms with van der Waals surface area (Å²) in [7, 11) is 0. The Hall–Kier alpha value is -4.04. The summed E-state index contributed by atoms with van der Waals surface area (Å²) in [4.78, 5) is 7.95. The Balaban J connectivity index is 1.46. The molecule has 0 bridgehead atoms. The molecule has 0 saturated carbocycles. The first-order valence-corrected chi connectivity index (χ1v) is 11.6. The van der Waals surface area contributed by atoms with Crippen LogP contribution in [0.1, 0.15) is 30.0 Å². The Morgan fingerprint density at radius 1 is 0.811 bits per heavy atom. The highest BCUT2D eigenvalue weighted by molar-refractivity contribution is 5.66. The largest absolute Gasteiger partial charge is 0.486 e. The second-order valence-electron chi connectivity index (χ2n) is 8.44. The average molecular weight is 509 g/mol. The van der Waals surface area contributed by atoms with E-state index < -0.39 is 29.4 Å². The van der Waals surface area contributed by atoms with Crippen LogP contribution in [0.25, 0.3) is 22.3 Å². The third-order valence-electron chi connectivity index (χ3n) is 5.87. The lowest BCUT2D eigenvalue weighted by Crippen LogP contribution is -2.02. The van der Waals surface area contributed by atoms with Gasteiger partial charge in [-0.3, -0.25) is 0 Å². The molecule has 0 aliphatic carbocycles. The Labute approximate surface area is 211 Å². The maximum Gasteiger partial charge on any atom is 0.201 e. The topological polar surface area (TPSA) is 55.2 Å². The van der Waals surface area contributed by atoms with Crippen LogP contribution in [-0.2, 0) is 12.8 Å². The molecule has 0 spiro atoms. The van der Waals surface area contributed by atoms with Crippen molar-refractivity contribution in [1.82, 2.24) is 9.97 Å². The van der Waals surface area contributed by atoms with Crippen molar-refractivity contribution < 1.29 is 27.4 Å². The Morgan fingerprint density at radius 2 is 1.43 bits per heavy atom. The number of hydrogen-bond donors (Lipinski definition) is 1. The van der Waals surface area contributed by atoms with Crippen molar-refractivity contribution >= 4 is 0 Å². The third-order valence-corrected chi connectivity index (χ3v) is 5.87. The van der Waals surface area contributed by atoms with E-state index in [0.717, 1.165) is 5.56 Å². The fraction of sp³-hybridized carbons (Fsp3) is 0.172. The molecule has 1 unspecified atom stereocenters. The van der Waals surface area contributed by atoms with Crippen LogP contribution in [0, 0.1) is 23.3 Å². The molecule has 4 aromatic rings. The van der Waals surface area contributed by atoms with E-state index in [0.29, 0.717) is 17.5 Å². The van der Waals surface area contributed by atoms with Gasteiger partial charge in [0.15, 0.2) is 29.0 Å². The molecule has 1 N–H and O–H groups in total. The van der Waals surface area contributed by atoms with Crippen molar-refractivity contribution in [1.29, 1.82) is 0 Å². The van der Waals surface area contributed by atoms with Gasteiger partial charge in [0.25, 0.3) is 0 Å². The molecule has 0 amide bonds. The minimum atomic E-state index is -1.07. The zero-order chi connectivity index (χ0) is 26.5. The Morgan fingerprint density at radius 3 is 2.08 bits per heavy atom. The second-order valence-corrected chi connectivity index (χ2v) is 8.44. The molecule has 1 aromatic heterocycles. The summed E-state index contributed by atoms with van der Waals surface area (Å²) in [5.41, 5.74) is 1.91. The van der Waals surface area contributed by atoms with Gasteiger partial charge in [-0.2, -0.15) is 4.39 Å². The Kier molecular flexibility index (Phi) is 7.98. The number of aliphatic hydroxyl groups excluding tert-OH is 1. The van der Waals surface area contributed by atoms with Gasteiger partial charge >= 0.3 is 0 Å². The molecule has 0 aliphatic rings. The molecule has 1 atom stereocenters. The maximum atomic E-state index is 14.8. The molecule has 0 aliphatic heterocycles. The zero-order valence-electron chi connectivity index (χ0n) is 20.0. The molecule has 0 saturated heterocycles. The van der Waals surface area contributed by atoms with Gasteiger partial charge in [0.05, 0.1) is 0 Å².